The highest BCUT2D eigenvalue weighted by atomic mass is 79.9. The minimum Gasteiger partial charge on any atom is -0.490 e. The molecule has 3 heteroatoms. The molecule has 0 amide bonds. The van der Waals surface area contributed by atoms with E-state index >= 15 is 0 Å². The van der Waals surface area contributed by atoms with Crippen LogP contribution in [-0.2, 0) is 4.79 Å². The van der Waals surface area contributed by atoms with Gasteiger partial charge in [0.15, 0.2) is 0 Å². The standard InChI is InChI=1S/C16H21BrO2/c1-12(18)5-6-13-7-9-15(10-8-13)19-16-4-2-3-14(17)11-16/h2-4,11,13,15H,5-10H2,1H3/t13-,15-. The number of halogens is 1. The van der Waals surface area contributed by atoms with Gasteiger partial charge in [-0.2, -0.15) is 0 Å². The number of carbonyl (C=O) groups is 1. The third-order valence-corrected chi connectivity index (χ3v) is 4.29. The van der Waals surface area contributed by atoms with Crippen LogP contribution in [0, 0.1) is 5.92 Å². The molecular formula is C16H21BrO2. The zero-order valence-electron chi connectivity index (χ0n) is 11.4. The molecule has 1 fully saturated rings. The first-order valence-electron chi connectivity index (χ1n) is 7.05. The summed E-state index contributed by atoms with van der Waals surface area (Å²) in [5.41, 5.74) is 0. The molecule has 0 N–H and O–H groups in total. The average molecular weight is 325 g/mol. The predicted molar refractivity (Wildman–Crippen MR) is 80.4 cm³/mol. The molecule has 104 valence electrons. The SMILES string of the molecule is CC(=O)CC[C@H]1CC[C@H](Oc2cccc(Br)c2)CC1. The number of rotatable bonds is 5. The Morgan fingerprint density at radius 2 is 2.05 bits per heavy atom. The lowest BCUT2D eigenvalue weighted by atomic mass is 9.84. The number of carbonyl (C=O) groups excluding carboxylic acids is 1. The van der Waals surface area contributed by atoms with Crippen molar-refractivity contribution >= 4 is 21.7 Å². The summed E-state index contributed by atoms with van der Waals surface area (Å²) in [5.74, 6) is 1.97. The van der Waals surface area contributed by atoms with Gasteiger partial charge in [-0.1, -0.05) is 22.0 Å². The van der Waals surface area contributed by atoms with Gasteiger partial charge in [-0.15, -0.1) is 0 Å². The third kappa shape index (κ3) is 4.98. The van der Waals surface area contributed by atoms with Crippen LogP contribution in [0.2, 0.25) is 0 Å². The molecule has 0 bridgehead atoms. The van der Waals surface area contributed by atoms with E-state index in [1.165, 1.54) is 12.8 Å². The second-order valence-electron chi connectivity index (χ2n) is 5.46. The molecule has 0 spiro atoms. The van der Waals surface area contributed by atoms with Crippen LogP contribution >= 0.6 is 15.9 Å². The van der Waals surface area contributed by atoms with Crippen molar-refractivity contribution in [1.29, 1.82) is 0 Å². The van der Waals surface area contributed by atoms with Crippen LogP contribution in [0.1, 0.15) is 45.4 Å². The largest absolute Gasteiger partial charge is 0.490 e. The fourth-order valence-corrected chi connectivity index (χ4v) is 3.06. The zero-order valence-corrected chi connectivity index (χ0v) is 13.0. The van der Waals surface area contributed by atoms with Crippen molar-refractivity contribution in [2.75, 3.05) is 0 Å². The van der Waals surface area contributed by atoms with E-state index in [0.29, 0.717) is 17.8 Å². The molecule has 1 aliphatic carbocycles. The molecule has 1 saturated carbocycles. The maximum Gasteiger partial charge on any atom is 0.129 e. The summed E-state index contributed by atoms with van der Waals surface area (Å²) in [6.45, 7) is 1.68. The lowest BCUT2D eigenvalue weighted by Crippen LogP contribution is -2.24. The molecule has 19 heavy (non-hydrogen) atoms. The first-order chi connectivity index (χ1) is 9.13. The van der Waals surface area contributed by atoms with Crippen LogP contribution in [0.15, 0.2) is 28.7 Å². The van der Waals surface area contributed by atoms with Crippen LogP contribution in [-0.4, -0.2) is 11.9 Å². The second-order valence-corrected chi connectivity index (χ2v) is 6.37. The van der Waals surface area contributed by atoms with Crippen molar-refractivity contribution in [2.45, 2.75) is 51.6 Å². The van der Waals surface area contributed by atoms with Gasteiger partial charge in [-0.3, -0.25) is 0 Å². The molecule has 0 atom stereocenters. The first-order valence-corrected chi connectivity index (χ1v) is 7.84. The smallest absolute Gasteiger partial charge is 0.129 e. The molecule has 1 aromatic rings. The average Bonchev–Trinajstić information content (AvgIpc) is 2.38. The summed E-state index contributed by atoms with van der Waals surface area (Å²) in [6.07, 6.45) is 6.71. The van der Waals surface area contributed by atoms with E-state index in [9.17, 15) is 4.79 Å². The van der Waals surface area contributed by atoms with Crippen molar-refractivity contribution in [1.82, 2.24) is 0 Å². The van der Waals surface area contributed by atoms with Crippen LogP contribution in [0.4, 0.5) is 0 Å². The monoisotopic (exact) mass is 324 g/mol. The number of Topliss-reactive ketones (excluding diaryl/α,β-unsaturated/α-hetero) is 1. The van der Waals surface area contributed by atoms with Crippen LogP contribution < -0.4 is 4.74 Å². The summed E-state index contributed by atoms with van der Waals surface area (Å²) in [4.78, 5) is 11.0. The first kappa shape index (κ1) is 14.6. The number of ketones is 1. The molecule has 0 heterocycles. The van der Waals surface area contributed by atoms with Crippen molar-refractivity contribution in [3.8, 4) is 5.75 Å². The molecule has 0 unspecified atom stereocenters. The maximum atomic E-state index is 11.0. The number of hydrogen-bond acceptors (Lipinski definition) is 2. The Balaban J connectivity index is 1.75. The summed E-state index contributed by atoms with van der Waals surface area (Å²) in [6, 6.07) is 8.03. The number of hydrogen-bond donors (Lipinski definition) is 0. The number of benzene rings is 1. The highest BCUT2D eigenvalue weighted by Crippen LogP contribution is 2.31. The van der Waals surface area contributed by atoms with Gasteiger partial charge in [-0.25, -0.2) is 0 Å². The van der Waals surface area contributed by atoms with E-state index in [1.807, 2.05) is 24.3 Å². The zero-order chi connectivity index (χ0) is 13.7. The van der Waals surface area contributed by atoms with Gasteiger partial charge in [0.2, 0.25) is 0 Å². The van der Waals surface area contributed by atoms with Crippen LogP contribution in [0.3, 0.4) is 0 Å². The molecule has 0 saturated heterocycles. The van der Waals surface area contributed by atoms with E-state index in [-0.39, 0.29) is 0 Å². The van der Waals surface area contributed by atoms with E-state index in [0.717, 1.165) is 35.9 Å². The van der Waals surface area contributed by atoms with Gasteiger partial charge in [0.1, 0.15) is 11.5 Å². The topological polar surface area (TPSA) is 26.3 Å². The molecular weight excluding hydrogens is 304 g/mol. The quantitative estimate of drug-likeness (QED) is 0.780. The van der Waals surface area contributed by atoms with Crippen molar-refractivity contribution < 1.29 is 9.53 Å². The second kappa shape index (κ2) is 7.09. The van der Waals surface area contributed by atoms with Gasteiger partial charge in [-0.05, 0) is 63.1 Å². The predicted octanol–water partition coefficient (Wildman–Crippen LogP) is 4.76. The van der Waals surface area contributed by atoms with E-state index in [1.54, 1.807) is 6.92 Å². The summed E-state index contributed by atoms with van der Waals surface area (Å²) >= 11 is 3.46. The third-order valence-electron chi connectivity index (χ3n) is 3.80. The lowest BCUT2D eigenvalue weighted by Gasteiger charge is -2.28. The van der Waals surface area contributed by atoms with Gasteiger partial charge in [0.25, 0.3) is 0 Å². The fraction of sp³-hybridized carbons (Fsp3) is 0.562. The summed E-state index contributed by atoms with van der Waals surface area (Å²) < 4.78 is 7.07. The molecule has 2 rings (SSSR count). The lowest BCUT2D eigenvalue weighted by molar-refractivity contribution is -0.117. The maximum absolute atomic E-state index is 11.0. The normalized spacial score (nSPS) is 23.1. The van der Waals surface area contributed by atoms with Gasteiger partial charge in [0, 0.05) is 10.9 Å². The molecule has 1 aromatic carbocycles. The van der Waals surface area contributed by atoms with Crippen LogP contribution in [0.5, 0.6) is 5.75 Å². The Labute approximate surface area is 123 Å². The van der Waals surface area contributed by atoms with Gasteiger partial charge < -0.3 is 9.53 Å². The highest BCUT2D eigenvalue weighted by Gasteiger charge is 2.22. The Morgan fingerprint density at radius 3 is 2.68 bits per heavy atom. The van der Waals surface area contributed by atoms with Crippen molar-refractivity contribution in [3.05, 3.63) is 28.7 Å². The molecule has 0 radical (unpaired) electrons. The minimum absolute atomic E-state index is 0.313. The molecule has 2 nitrogen and oxygen atoms in total. The molecule has 0 aliphatic heterocycles. The Morgan fingerprint density at radius 1 is 1.32 bits per heavy atom. The van der Waals surface area contributed by atoms with E-state index < -0.39 is 0 Å². The Hall–Kier alpha value is -0.830. The van der Waals surface area contributed by atoms with Crippen LogP contribution in [0.25, 0.3) is 0 Å². The summed E-state index contributed by atoms with van der Waals surface area (Å²) in [7, 11) is 0. The van der Waals surface area contributed by atoms with Gasteiger partial charge >= 0.3 is 0 Å². The van der Waals surface area contributed by atoms with E-state index in [4.69, 9.17) is 4.74 Å². The molecule has 0 aromatic heterocycles. The van der Waals surface area contributed by atoms with E-state index in [2.05, 4.69) is 15.9 Å². The Kier molecular flexibility index (Phi) is 5.44. The van der Waals surface area contributed by atoms with Crippen molar-refractivity contribution in [2.24, 2.45) is 5.92 Å². The number of ether oxygens (including phenoxy) is 1. The van der Waals surface area contributed by atoms with Gasteiger partial charge in [0.05, 0.1) is 6.10 Å². The Bertz CT molecular complexity index is 423. The minimum atomic E-state index is 0.313. The fourth-order valence-electron chi connectivity index (χ4n) is 2.68. The summed E-state index contributed by atoms with van der Waals surface area (Å²) in [5, 5.41) is 0. The highest BCUT2D eigenvalue weighted by molar-refractivity contribution is 9.10. The molecule has 1 aliphatic rings. The van der Waals surface area contributed by atoms with Crippen molar-refractivity contribution in [3.63, 3.8) is 0 Å².